The Morgan fingerprint density at radius 3 is 2.44 bits per heavy atom. The molecule has 1 aromatic carbocycles. The zero-order valence-corrected chi connectivity index (χ0v) is 19.6. The van der Waals surface area contributed by atoms with Gasteiger partial charge in [0.2, 0.25) is 5.91 Å². The number of carbonyl (C=O) groups excluding carboxylic acids is 2. The van der Waals surface area contributed by atoms with Gasteiger partial charge in [0.05, 0.1) is 11.6 Å². The van der Waals surface area contributed by atoms with Crippen LogP contribution in [0.3, 0.4) is 0 Å². The van der Waals surface area contributed by atoms with Crippen LogP contribution in [-0.4, -0.2) is 34.3 Å². The van der Waals surface area contributed by atoms with E-state index >= 15 is 0 Å². The van der Waals surface area contributed by atoms with E-state index in [2.05, 4.69) is 10.3 Å². The lowest BCUT2D eigenvalue weighted by molar-refractivity contribution is -0.140. The van der Waals surface area contributed by atoms with Crippen LogP contribution in [0.15, 0.2) is 30.5 Å². The average Bonchev–Trinajstić information content (AvgIpc) is 3.75. The van der Waals surface area contributed by atoms with Gasteiger partial charge in [-0.15, -0.1) is 0 Å². The zero-order valence-electron chi connectivity index (χ0n) is 19.6. The number of aromatic nitrogens is 1. The van der Waals surface area contributed by atoms with Crippen molar-refractivity contribution >= 4 is 11.8 Å². The second kappa shape index (κ2) is 9.12. The zero-order chi connectivity index (χ0) is 25.8. The van der Waals surface area contributed by atoms with Gasteiger partial charge in [-0.1, -0.05) is 6.92 Å². The summed E-state index contributed by atoms with van der Waals surface area (Å²) in [7, 11) is 0. The fraction of sp³-hybridized carbons (Fsp3) is 0.500. The molecule has 2 amide bonds. The fourth-order valence-corrected chi connectivity index (χ4v) is 5.05. The van der Waals surface area contributed by atoms with E-state index in [1.54, 1.807) is 12.3 Å². The summed E-state index contributed by atoms with van der Waals surface area (Å²) >= 11 is 0. The molecule has 1 N–H and O–H groups in total. The quantitative estimate of drug-likeness (QED) is 0.535. The molecule has 2 aliphatic carbocycles. The molecule has 2 saturated carbocycles. The van der Waals surface area contributed by atoms with Crippen molar-refractivity contribution in [2.24, 2.45) is 11.8 Å². The second-order valence-corrected chi connectivity index (χ2v) is 10.2. The molecule has 10 heteroatoms. The molecule has 5 nitrogen and oxygen atoms in total. The molecule has 1 aromatic heterocycles. The summed E-state index contributed by atoms with van der Waals surface area (Å²) < 4.78 is 68.0. The van der Waals surface area contributed by atoms with Gasteiger partial charge in [0.1, 0.15) is 23.4 Å². The average molecular weight is 508 g/mol. The predicted molar refractivity (Wildman–Crippen MR) is 120 cm³/mol. The van der Waals surface area contributed by atoms with Crippen LogP contribution in [0.2, 0.25) is 0 Å². The Morgan fingerprint density at radius 2 is 1.81 bits per heavy atom. The number of carbonyl (C=O) groups is 2. The van der Waals surface area contributed by atoms with Crippen molar-refractivity contribution in [3.63, 3.8) is 0 Å². The highest BCUT2D eigenvalue weighted by molar-refractivity contribution is 5.96. The van der Waals surface area contributed by atoms with Crippen LogP contribution in [0.4, 0.5) is 22.0 Å². The molecule has 2 heterocycles. The molecule has 3 fully saturated rings. The van der Waals surface area contributed by atoms with Gasteiger partial charge in [-0.2, -0.15) is 13.2 Å². The molecular weight excluding hydrogens is 481 g/mol. The number of halogens is 5. The summed E-state index contributed by atoms with van der Waals surface area (Å²) in [5.74, 6) is -3.51. The van der Waals surface area contributed by atoms with Crippen LogP contribution in [0.5, 0.6) is 0 Å². The monoisotopic (exact) mass is 507 g/mol. The van der Waals surface area contributed by atoms with E-state index in [4.69, 9.17) is 0 Å². The van der Waals surface area contributed by atoms with Crippen LogP contribution >= 0.6 is 0 Å². The van der Waals surface area contributed by atoms with Crippen molar-refractivity contribution < 1.29 is 31.5 Å². The minimum Gasteiger partial charge on any atom is -0.347 e. The van der Waals surface area contributed by atoms with Crippen molar-refractivity contribution in [1.29, 1.82) is 0 Å². The number of hydrogen-bond acceptors (Lipinski definition) is 3. The molecule has 3 atom stereocenters. The third kappa shape index (κ3) is 4.95. The smallest absolute Gasteiger partial charge is 0.347 e. The van der Waals surface area contributed by atoms with E-state index in [-0.39, 0.29) is 35.1 Å². The van der Waals surface area contributed by atoms with E-state index < -0.39 is 41.4 Å². The highest BCUT2D eigenvalue weighted by atomic mass is 19.4. The second-order valence-electron chi connectivity index (χ2n) is 10.2. The van der Waals surface area contributed by atoms with Gasteiger partial charge in [-0.3, -0.25) is 14.6 Å². The summed E-state index contributed by atoms with van der Waals surface area (Å²) in [5.41, 5.74) is -0.720. The minimum absolute atomic E-state index is 0.0240. The molecular formula is C26H26F5N3O2. The number of pyridine rings is 1. The third-order valence-corrected chi connectivity index (χ3v) is 7.24. The Balaban J connectivity index is 1.37. The first-order valence-electron chi connectivity index (χ1n) is 12.2. The number of amides is 2. The standard InChI is InChI=1S/C26H26F5N3O2/c1-13-8-22(34(12-13)25(36)21-9-16(6-7-32-21)14-2-3-14)24(35)33-23(15-4-5-15)17-10-20(28)18(11-19(17)27)26(29,30)31/h6-7,9-11,13-15,22-23H,2-5,8,12H2,1H3,(H,33,35)/t13-,22-,23-/m1/s1. The van der Waals surface area contributed by atoms with Gasteiger partial charge >= 0.3 is 6.18 Å². The Kier molecular flexibility index (Phi) is 6.24. The van der Waals surface area contributed by atoms with Crippen LogP contribution in [-0.2, 0) is 11.0 Å². The highest BCUT2D eigenvalue weighted by Crippen LogP contribution is 2.44. The Bertz CT molecular complexity index is 1190. The van der Waals surface area contributed by atoms with Crippen molar-refractivity contribution in [2.75, 3.05) is 6.54 Å². The first-order valence-corrected chi connectivity index (χ1v) is 12.2. The molecule has 5 rings (SSSR count). The first-order chi connectivity index (χ1) is 17.0. The van der Waals surface area contributed by atoms with E-state index in [1.807, 2.05) is 13.0 Å². The summed E-state index contributed by atoms with van der Waals surface area (Å²) in [4.78, 5) is 32.3. The van der Waals surface area contributed by atoms with Crippen molar-refractivity contribution in [1.82, 2.24) is 15.2 Å². The maximum Gasteiger partial charge on any atom is 0.419 e. The molecule has 1 saturated heterocycles. The van der Waals surface area contributed by atoms with Crippen LogP contribution in [0.25, 0.3) is 0 Å². The van der Waals surface area contributed by atoms with Gasteiger partial charge < -0.3 is 10.2 Å². The molecule has 192 valence electrons. The molecule has 0 radical (unpaired) electrons. The Hall–Kier alpha value is -3.04. The SMILES string of the molecule is C[C@@H]1C[C@H](C(=O)N[C@@H](c2cc(F)c(C(F)(F)F)cc2F)C2CC2)N(C(=O)c2cc(C3CC3)ccn2)C1. The highest BCUT2D eigenvalue weighted by Gasteiger charge is 2.43. The summed E-state index contributed by atoms with van der Waals surface area (Å²) in [5, 5.41) is 2.72. The number of benzene rings is 1. The minimum atomic E-state index is -5.03. The van der Waals surface area contributed by atoms with E-state index in [9.17, 15) is 31.5 Å². The number of likely N-dealkylation sites (tertiary alicyclic amines) is 1. The Labute approximate surface area is 205 Å². The van der Waals surface area contributed by atoms with E-state index in [0.29, 0.717) is 37.8 Å². The fourth-order valence-electron chi connectivity index (χ4n) is 5.05. The molecule has 36 heavy (non-hydrogen) atoms. The number of hydrogen-bond donors (Lipinski definition) is 1. The lowest BCUT2D eigenvalue weighted by Gasteiger charge is -2.27. The summed E-state index contributed by atoms with van der Waals surface area (Å²) in [6, 6.07) is 2.46. The topological polar surface area (TPSA) is 62.3 Å². The van der Waals surface area contributed by atoms with E-state index in [0.717, 1.165) is 18.4 Å². The maximum absolute atomic E-state index is 14.7. The molecule has 1 aliphatic heterocycles. The van der Waals surface area contributed by atoms with Gasteiger partial charge in [0, 0.05) is 18.3 Å². The maximum atomic E-state index is 14.7. The van der Waals surface area contributed by atoms with Gasteiger partial charge in [0.15, 0.2) is 0 Å². The van der Waals surface area contributed by atoms with Gasteiger partial charge in [-0.05, 0) is 79.7 Å². The number of rotatable bonds is 6. The molecule has 2 aromatic rings. The van der Waals surface area contributed by atoms with Crippen molar-refractivity contribution in [3.05, 3.63) is 64.5 Å². The van der Waals surface area contributed by atoms with Gasteiger partial charge in [-0.25, -0.2) is 8.78 Å². The largest absolute Gasteiger partial charge is 0.419 e. The number of alkyl halides is 3. The lowest BCUT2D eigenvalue weighted by Crippen LogP contribution is -2.47. The third-order valence-electron chi connectivity index (χ3n) is 7.24. The van der Waals surface area contributed by atoms with Crippen LogP contribution in [0, 0.1) is 23.5 Å². The van der Waals surface area contributed by atoms with E-state index in [1.165, 1.54) is 4.90 Å². The number of nitrogens with one attached hydrogen (secondary N) is 1. The summed E-state index contributed by atoms with van der Waals surface area (Å²) in [6.45, 7) is 2.24. The van der Waals surface area contributed by atoms with Crippen LogP contribution < -0.4 is 5.32 Å². The molecule has 0 bridgehead atoms. The first kappa shape index (κ1) is 24.6. The van der Waals surface area contributed by atoms with Gasteiger partial charge in [0.25, 0.3) is 5.91 Å². The van der Waals surface area contributed by atoms with Crippen molar-refractivity contribution in [2.45, 2.75) is 63.2 Å². The van der Waals surface area contributed by atoms with Crippen molar-refractivity contribution in [3.8, 4) is 0 Å². The molecule has 3 aliphatic rings. The lowest BCUT2D eigenvalue weighted by atomic mass is 9.98. The number of nitrogens with zero attached hydrogens (tertiary/aromatic N) is 2. The predicted octanol–water partition coefficient (Wildman–Crippen LogP) is 5.37. The molecule has 0 spiro atoms. The molecule has 0 unspecified atom stereocenters. The summed E-state index contributed by atoms with van der Waals surface area (Å²) in [6.07, 6.45) is 0.290. The Morgan fingerprint density at radius 1 is 1.08 bits per heavy atom. The normalized spacial score (nSPS) is 23.0. The van der Waals surface area contributed by atoms with Crippen LogP contribution in [0.1, 0.15) is 78.2 Å².